The number of nitrogens with zero attached hydrogens (tertiary/aromatic N) is 2. The molecule has 0 aliphatic heterocycles. The monoisotopic (exact) mass is 369 g/mol. The molecule has 0 amide bonds. The Morgan fingerprint density at radius 1 is 1.00 bits per heavy atom. The largest absolute Gasteiger partial charge is 0.339 e. The highest BCUT2D eigenvalue weighted by atomic mass is 32.2. The van der Waals surface area contributed by atoms with Crippen molar-refractivity contribution in [1.29, 1.82) is 0 Å². The van der Waals surface area contributed by atoms with Crippen molar-refractivity contribution in [3.05, 3.63) is 66.1 Å². The molecule has 2 N–H and O–H groups in total. The molecule has 134 valence electrons. The summed E-state index contributed by atoms with van der Waals surface area (Å²) in [4.78, 5) is 4.69. The molecule has 1 aliphatic rings. The van der Waals surface area contributed by atoms with E-state index < -0.39 is 10.0 Å². The van der Waals surface area contributed by atoms with Crippen molar-refractivity contribution >= 4 is 10.0 Å². The second-order valence-electron chi connectivity index (χ2n) is 7.21. The molecule has 0 spiro atoms. The van der Waals surface area contributed by atoms with Crippen LogP contribution in [0.15, 0.2) is 64.0 Å². The van der Waals surface area contributed by atoms with Crippen LogP contribution in [-0.4, -0.2) is 18.6 Å². The van der Waals surface area contributed by atoms with Crippen LogP contribution < -0.4 is 5.14 Å². The van der Waals surface area contributed by atoms with Crippen LogP contribution in [0.2, 0.25) is 0 Å². The number of benzene rings is 2. The fourth-order valence-corrected chi connectivity index (χ4v) is 4.17. The first-order chi connectivity index (χ1) is 12.3. The first-order valence-electron chi connectivity index (χ1n) is 8.30. The van der Waals surface area contributed by atoms with Gasteiger partial charge in [-0.1, -0.05) is 61.5 Å². The number of rotatable bonds is 4. The summed E-state index contributed by atoms with van der Waals surface area (Å²) in [6.45, 7) is 4.28. The Kier molecular flexibility index (Phi) is 3.75. The van der Waals surface area contributed by atoms with Gasteiger partial charge in [0.15, 0.2) is 0 Å². The summed E-state index contributed by atoms with van der Waals surface area (Å²) >= 11 is 0. The van der Waals surface area contributed by atoms with Crippen LogP contribution in [0.3, 0.4) is 0 Å². The third-order valence-electron chi connectivity index (χ3n) is 5.13. The Hall–Kier alpha value is -2.51. The Labute approximate surface area is 152 Å². The van der Waals surface area contributed by atoms with Crippen molar-refractivity contribution < 1.29 is 12.9 Å². The lowest BCUT2D eigenvalue weighted by Gasteiger charge is -2.04. The van der Waals surface area contributed by atoms with Gasteiger partial charge in [-0.3, -0.25) is 0 Å². The average Bonchev–Trinajstić information content (AvgIpc) is 2.95. The maximum atomic E-state index is 11.4. The SMILES string of the molecule is CC1(C)[C@H](c2ccc(S(N)(=O)=O)cc2)[C@H]1c1nc(-c2ccccc2)no1. The summed E-state index contributed by atoms with van der Waals surface area (Å²) in [7, 11) is -3.69. The molecule has 0 radical (unpaired) electrons. The summed E-state index contributed by atoms with van der Waals surface area (Å²) in [6.07, 6.45) is 0. The fraction of sp³-hybridized carbons (Fsp3) is 0.263. The highest BCUT2D eigenvalue weighted by molar-refractivity contribution is 7.89. The summed E-state index contributed by atoms with van der Waals surface area (Å²) in [5.41, 5.74) is 1.89. The molecule has 1 aliphatic carbocycles. The topological polar surface area (TPSA) is 99.1 Å². The quantitative estimate of drug-likeness (QED) is 0.761. The van der Waals surface area contributed by atoms with E-state index >= 15 is 0 Å². The van der Waals surface area contributed by atoms with E-state index in [1.54, 1.807) is 24.3 Å². The van der Waals surface area contributed by atoms with Crippen molar-refractivity contribution in [2.45, 2.75) is 30.6 Å². The van der Waals surface area contributed by atoms with E-state index in [0.29, 0.717) is 11.7 Å². The van der Waals surface area contributed by atoms with E-state index in [9.17, 15) is 8.42 Å². The zero-order valence-electron chi connectivity index (χ0n) is 14.5. The molecule has 7 heteroatoms. The van der Waals surface area contributed by atoms with Gasteiger partial charge in [-0.2, -0.15) is 4.98 Å². The Morgan fingerprint density at radius 3 is 2.27 bits per heavy atom. The average molecular weight is 369 g/mol. The Bertz CT molecular complexity index is 1040. The van der Waals surface area contributed by atoms with Crippen LogP contribution in [0.5, 0.6) is 0 Å². The molecule has 6 nitrogen and oxygen atoms in total. The third-order valence-corrected chi connectivity index (χ3v) is 6.06. The molecule has 4 rings (SSSR count). The molecule has 2 atom stereocenters. The number of nitrogens with two attached hydrogens (primary N) is 1. The summed E-state index contributed by atoms with van der Waals surface area (Å²) in [5.74, 6) is 1.45. The summed E-state index contributed by atoms with van der Waals surface area (Å²) in [5, 5.41) is 9.27. The standard InChI is InChI=1S/C19H19N3O3S/c1-19(2)15(12-8-10-14(11-9-12)26(20,23)24)16(19)18-21-17(22-25-18)13-6-4-3-5-7-13/h3-11,15-16H,1-2H3,(H2,20,23,24)/t15-,16+/m1/s1. The zero-order chi connectivity index (χ0) is 18.5. The highest BCUT2D eigenvalue weighted by Crippen LogP contribution is 2.69. The third kappa shape index (κ3) is 2.83. The molecule has 1 saturated carbocycles. The van der Waals surface area contributed by atoms with E-state index in [2.05, 4.69) is 24.0 Å². The lowest BCUT2D eigenvalue weighted by atomic mass is 10.0. The van der Waals surface area contributed by atoms with E-state index in [0.717, 1.165) is 11.1 Å². The number of hydrogen-bond acceptors (Lipinski definition) is 5. The number of sulfonamides is 1. The van der Waals surface area contributed by atoms with Gasteiger partial charge >= 0.3 is 0 Å². The Morgan fingerprint density at radius 2 is 1.65 bits per heavy atom. The van der Waals surface area contributed by atoms with Gasteiger partial charge in [0.05, 0.1) is 10.8 Å². The van der Waals surface area contributed by atoms with E-state index in [1.807, 2.05) is 30.3 Å². The molecular weight excluding hydrogens is 350 g/mol. The summed E-state index contributed by atoms with van der Waals surface area (Å²) < 4.78 is 28.4. The lowest BCUT2D eigenvalue weighted by molar-refractivity contribution is 0.368. The predicted octanol–water partition coefficient (Wildman–Crippen LogP) is 3.29. The minimum absolute atomic E-state index is 0.0520. The molecular formula is C19H19N3O3S. The van der Waals surface area contributed by atoms with Gasteiger partial charge in [-0.25, -0.2) is 13.6 Å². The zero-order valence-corrected chi connectivity index (χ0v) is 15.3. The summed E-state index contributed by atoms with van der Waals surface area (Å²) in [6, 6.07) is 16.4. The minimum atomic E-state index is -3.69. The predicted molar refractivity (Wildman–Crippen MR) is 96.8 cm³/mol. The Balaban J connectivity index is 1.62. The number of primary sulfonamides is 1. The van der Waals surface area contributed by atoms with Crippen molar-refractivity contribution in [2.75, 3.05) is 0 Å². The highest BCUT2D eigenvalue weighted by Gasteiger charge is 2.62. The molecule has 26 heavy (non-hydrogen) atoms. The van der Waals surface area contributed by atoms with Crippen molar-refractivity contribution in [2.24, 2.45) is 10.6 Å². The van der Waals surface area contributed by atoms with E-state index in [1.165, 1.54) is 0 Å². The van der Waals surface area contributed by atoms with Gasteiger partial charge in [0.2, 0.25) is 21.7 Å². The molecule has 1 fully saturated rings. The first-order valence-corrected chi connectivity index (χ1v) is 9.85. The maximum Gasteiger partial charge on any atom is 0.238 e. The smallest absolute Gasteiger partial charge is 0.238 e. The lowest BCUT2D eigenvalue weighted by Crippen LogP contribution is -2.11. The van der Waals surface area contributed by atoms with Crippen LogP contribution in [0.1, 0.15) is 37.1 Å². The number of aromatic nitrogens is 2. The van der Waals surface area contributed by atoms with Crippen LogP contribution >= 0.6 is 0 Å². The van der Waals surface area contributed by atoms with Crippen LogP contribution in [0.4, 0.5) is 0 Å². The van der Waals surface area contributed by atoms with E-state index in [-0.39, 0.29) is 22.1 Å². The molecule has 0 bridgehead atoms. The van der Waals surface area contributed by atoms with E-state index in [4.69, 9.17) is 9.66 Å². The fourth-order valence-electron chi connectivity index (χ4n) is 3.65. The minimum Gasteiger partial charge on any atom is -0.339 e. The van der Waals surface area contributed by atoms with Crippen LogP contribution in [0, 0.1) is 5.41 Å². The van der Waals surface area contributed by atoms with Crippen molar-refractivity contribution in [3.8, 4) is 11.4 Å². The second-order valence-corrected chi connectivity index (χ2v) is 8.77. The molecule has 3 aromatic rings. The molecule has 2 aromatic carbocycles. The normalized spacial score (nSPS) is 21.5. The molecule has 0 unspecified atom stereocenters. The van der Waals surface area contributed by atoms with Crippen LogP contribution in [-0.2, 0) is 10.0 Å². The van der Waals surface area contributed by atoms with Gasteiger partial charge in [0.1, 0.15) is 0 Å². The molecule has 1 heterocycles. The first kappa shape index (κ1) is 16.9. The van der Waals surface area contributed by atoms with Crippen LogP contribution in [0.25, 0.3) is 11.4 Å². The maximum absolute atomic E-state index is 11.4. The van der Waals surface area contributed by atoms with Gasteiger partial charge in [0.25, 0.3) is 0 Å². The van der Waals surface area contributed by atoms with Gasteiger partial charge in [0, 0.05) is 11.5 Å². The molecule has 1 aromatic heterocycles. The van der Waals surface area contributed by atoms with Gasteiger partial charge in [-0.15, -0.1) is 0 Å². The van der Waals surface area contributed by atoms with Crippen molar-refractivity contribution in [3.63, 3.8) is 0 Å². The second kappa shape index (κ2) is 5.75. The van der Waals surface area contributed by atoms with Crippen molar-refractivity contribution in [1.82, 2.24) is 10.1 Å². The van der Waals surface area contributed by atoms with Gasteiger partial charge in [-0.05, 0) is 23.1 Å². The molecule has 0 saturated heterocycles. The number of hydrogen-bond donors (Lipinski definition) is 1. The van der Waals surface area contributed by atoms with Gasteiger partial charge < -0.3 is 4.52 Å².